The minimum atomic E-state index is 0.682. The van der Waals surface area contributed by atoms with E-state index in [1.807, 2.05) is 7.05 Å². The van der Waals surface area contributed by atoms with Crippen molar-refractivity contribution < 1.29 is 0 Å². The van der Waals surface area contributed by atoms with Gasteiger partial charge in [-0.15, -0.1) is 0 Å². The molecule has 0 saturated heterocycles. The normalized spacial score (nSPS) is 16.8. The number of rotatable bonds is 5. The molecule has 0 rings (SSSR count). The molecule has 0 heterocycles. The molecule has 0 bridgehead atoms. The SMILES string of the molecule is CCCC(C)CC(C)NC. The molecule has 0 aliphatic rings. The van der Waals surface area contributed by atoms with E-state index in [2.05, 4.69) is 26.1 Å². The molecule has 1 heteroatoms. The van der Waals surface area contributed by atoms with Crippen LogP contribution in [-0.4, -0.2) is 13.1 Å². The first kappa shape index (κ1) is 9.96. The summed E-state index contributed by atoms with van der Waals surface area (Å²) in [6, 6.07) is 0.682. The molecule has 0 fully saturated rings. The maximum atomic E-state index is 3.25. The van der Waals surface area contributed by atoms with Crippen molar-refractivity contribution in [1.82, 2.24) is 5.32 Å². The molecule has 0 aromatic heterocycles. The Balaban J connectivity index is 3.27. The molecule has 0 aromatic carbocycles. The van der Waals surface area contributed by atoms with Crippen molar-refractivity contribution in [2.75, 3.05) is 7.05 Å². The van der Waals surface area contributed by atoms with Gasteiger partial charge in [0.15, 0.2) is 0 Å². The van der Waals surface area contributed by atoms with Gasteiger partial charge in [0.05, 0.1) is 0 Å². The highest BCUT2D eigenvalue weighted by molar-refractivity contribution is 4.62. The molecule has 2 atom stereocenters. The Hall–Kier alpha value is -0.0400. The van der Waals surface area contributed by atoms with Crippen LogP contribution in [0.25, 0.3) is 0 Å². The predicted molar refractivity (Wildman–Crippen MR) is 47.2 cm³/mol. The third kappa shape index (κ3) is 4.80. The van der Waals surface area contributed by atoms with Crippen molar-refractivity contribution >= 4 is 0 Å². The first-order chi connectivity index (χ1) is 4.70. The molecular formula is C9H21N. The quantitative estimate of drug-likeness (QED) is 0.623. The summed E-state index contributed by atoms with van der Waals surface area (Å²) in [7, 11) is 2.03. The molecular weight excluding hydrogens is 122 g/mol. The van der Waals surface area contributed by atoms with Crippen molar-refractivity contribution in [3.05, 3.63) is 0 Å². The molecule has 0 spiro atoms. The minimum absolute atomic E-state index is 0.682. The Kier molecular flexibility index (Phi) is 5.70. The molecule has 1 nitrogen and oxygen atoms in total. The van der Waals surface area contributed by atoms with Gasteiger partial charge in [-0.25, -0.2) is 0 Å². The summed E-state index contributed by atoms with van der Waals surface area (Å²) >= 11 is 0. The zero-order valence-electron chi connectivity index (χ0n) is 7.78. The Morgan fingerprint density at radius 3 is 2.30 bits per heavy atom. The molecule has 0 aliphatic heterocycles. The van der Waals surface area contributed by atoms with Crippen LogP contribution in [0.15, 0.2) is 0 Å². The van der Waals surface area contributed by atoms with Crippen LogP contribution in [0.4, 0.5) is 0 Å². The van der Waals surface area contributed by atoms with Crippen LogP contribution < -0.4 is 5.32 Å². The lowest BCUT2D eigenvalue weighted by atomic mass is 9.98. The van der Waals surface area contributed by atoms with E-state index in [1.165, 1.54) is 19.3 Å². The van der Waals surface area contributed by atoms with Gasteiger partial charge in [0.2, 0.25) is 0 Å². The fourth-order valence-corrected chi connectivity index (χ4v) is 1.33. The van der Waals surface area contributed by atoms with Gasteiger partial charge in [-0.3, -0.25) is 0 Å². The van der Waals surface area contributed by atoms with Crippen LogP contribution in [-0.2, 0) is 0 Å². The lowest BCUT2D eigenvalue weighted by Crippen LogP contribution is -2.23. The molecule has 0 saturated carbocycles. The number of hydrogen-bond acceptors (Lipinski definition) is 1. The zero-order chi connectivity index (χ0) is 7.98. The van der Waals surface area contributed by atoms with E-state index in [0.717, 1.165) is 5.92 Å². The molecule has 10 heavy (non-hydrogen) atoms. The van der Waals surface area contributed by atoms with E-state index in [-0.39, 0.29) is 0 Å². The summed E-state index contributed by atoms with van der Waals surface area (Å²) in [5.74, 6) is 0.882. The standard InChI is InChI=1S/C9H21N/c1-5-6-8(2)7-9(3)10-4/h8-10H,5-7H2,1-4H3. The topological polar surface area (TPSA) is 12.0 Å². The third-order valence-corrected chi connectivity index (χ3v) is 2.03. The van der Waals surface area contributed by atoms with Crippen molar-refractivity contribution in [1.29, 1.82) is 0 Å². The summed E-state index contributed by atoms with van der Waals surface area (Å²) in [5.41, 5.74) is 0. The second-order valence-corrected chi connectivity index (χ2v) is 3.32. The fraction of sp³-hybridized carbons (Fsp3) is 1.00. The monoisotopic (exact) mass is 143 g/mol. The highest BCUT2D eigenvalue weighted by Crippen LogP contribution is 2.11. The van der Waals surface area contributed by atoms with Gasteiger partial charge < -0.3 is 5.32 Å². The van der Waals surface area contributed by atoms with Crippen LogP contribution in [0.5, 0.6) is 0 Å². The lowest BCUT2D eigenvalue weighted by molar-refractivity contribution is 0.416. The molecule has 0 radical (unpaired) electrons. The van der Waals surface area contributed by atoms with Gasteiger partial charge in [0.25, 0.3) is 0 Å². The van der Waals surface area contributed by atoms with E-state index in [0.29, 0.717) is 6.04 Å². The zero-order valence-corrected chi connectivity index (χ0v) is 7.78. The summed E-state index contributed by atoms with van der Waals surface area (Å²) in [6.45, 7) is 6.82. The van der Waals surface area contributed by atoms with Crippen LogP contribution in [0, 0.1) is 5.92 Å². The second-order valence-electron chi connectivity index (χ2n) is 3.32. The maximum absolute atomic E-state index is 3.25. The average molecular weight is 143 g/mol. The third-order valence-electron chi connectivity index (χ3n) is 2.03. The largest absolute Gasteiger partial charge is 0.317 e. The summed E-state index contributed by atoms with van der Waals surface area (Å²) in [5, 5.41) is 3.25. The van der Waals surface area contributed by atoms with Gasteiger partial charge >= 0.3 is 0 Å². The lowest BCUT2D eigenvalue weighted by Gasteiger charge is -2.15. The van der Waals surface area contributed by atoms with E-state index >= 15 is 0 Å². The number of nitrogens with one attached hydrogen (secondary N) is 1. The molecule has 2 unspecified atom stereocenters. The highest BCUT2D eigenvalue weighted by Gasteiger charge is 2.04. The first-order valence-electron chi connectivity index (χ1n) is 4.38. The van der Waals surface area contributed by atoms with Crippen LogP contribution in [0.3, 0.4) is 0 Å². The molecule has 62 valence electrons. The minimum Gasteiger partial charge on any atom is -0.317 e. The van der Waals surface area contributed by atoms with Crippen molar-refractivity contribution in [3.63, 3.8) is 0 Å². The van der Waals surface area contributed by atoms with Gasteiger partial charge in [-0.1, -0.05) is 26.7 Å². The van der Waals surface area contributed by atoms with Crippen LogP contribution in [0.2, 0.25) is 0 Å². The van der Waals surface area contributed by atoms with Gasteiger partial charge in [0.1, 0.15) is 0 Å². The summed E-state index contributed by atoms with van der Waals surface area (Å²) < 4.78 is 0. The fourth-order valence-electron chi connectivity index (χ4n) is 1.33. The average Bonchev–Trinajstić information content (AvgIpc) is 1.88. The first-order valence-corrected chi connectivity index (χ1v) is 4.38. The van der Waals surface area contributed by atoms with Gasteiger partial charge in [-0.2, -0.15) is 0 Å². The van der Waals surface area contributed by atoms with Crippen molar-refractivity contribution in [2.24, 2.45) is 5.92 Å². The maximum Gasteiger partial charge on any atom is 0.00382 e. The summed E-state index contributed by atoms with van der Waals surface area (Å²) in [6.07, 6.45) is 3.99. The highest BCUT2D eigenvalue weighted by atomic mass is 14.8. The van der Waals surface area contributed by atoms with Gasteiger partial charge in [0, 0.05) is 6.04 Å². The Labute approximate surface area is 65.2 Å². The van der Waals surface area contributed by atoms with E-state index in [1.54, 1.807) is 0 Å². The van der Waals surface area contributed by atoms with Crippen LogP contribution >= 0.6 is 0 Å². The smallest absolute Gasteiger partial charge is 0.00382 e. The molecule has 1 N–H and O–H groups in total. The Morgan fingerprint density at radius 1 is 1.30 bits per heavy atom. The second kappa shape index (κ2) is 5.72. The molecule has 0 aliphatic carbocycles. The Bertz CT molecular complexity index is 71.1. The van der Waals surface area contributed by atoms with E-state index in [4.69, 9.17) is 0 Å². The molecule has 0 aromatic rings. The predicted octanol–water partition coefficient (Wildman–Crippen LogP) is 2.42. The van der Waals surface area contributed by atoms with E-state index < -0.39 is 0 Å². The molecule has 0 amide bonds. The van der Waals surface area contributed by atoms with Crippen molar-refractivity contribution in [2.45, 2.75) is 46.1 Å². The van der Waals surface area contributed by atoms with E-state index in [9.17, 15) is 0 Å². The van der Waals surface area contributed by atoms with Gasteiger partial charge in [-0.05, 0) is 26.3 Å². The Morgan fingerprint density at radius 2 is 1.90 bits per heavy atom. The van der Waals surface area contributed by atoms with Crippen LogP contribution in [0.1, 0.15) is 40.0 Å². The summed E-state index contributed by atoms with van der Waals surface area (Å²) in [4.78, 5) is 0. The van der Waals surface area contributed by atoms with Crippen molar-refractivity contribution in [3.8, 4) is 0 Å². The number of hydrogen-bond donors (Lipinski definition) is 1.